The first kappa shape index (κ1) is 11.0. The molecule has 0 atom stereocenters. The Morgan fingerprint density at radius 2 is 1.94 bits per heavy atom. The zero-order valence-electron chi connectivity index (χ0n) is 11.4. The van der Waals surface area contributed by atoms with Crippen molar-refractivity contribution in [1.29, 1.82) is 0 Å². The first-order valence-corrected chi connectivity index (χ1v) is 7.73. The van der Waals surface area contributed by atoms with E-state index in [1.54, 1.807) is 22.3 Å². The quantitative estimate of drug-likeness (QED) is 0.781. The Balaban J connectivity index is 1.68. The van der Waals surface area contributed by atoms with Crippen LogP contribution in [0.4, 0.5) is 0 Å². The average molecular weight is 241 g/mol. The van der Waals surface area contributed by atoms with Gasteiger partial charge in [0.2, 0.25) is 0 Å². The fraction of sp³-hybridized carbons (Fsp3) is 0.647. The van der Waals surface area contributed by atoms with Gasteiger partial charge in [-0.1, -0.05) is 19.1 Å². The molecule has 0 bridgehead atoms. The zero-order chi connectivity index (χ0) is 12.1. The van der Waals surface area contributed by atoms with Crippen LogP contribution in [-0.4, -0.2) is 17.5 Å². The summed E-state index contributed by atoms with van der Waals surface area (Å²) in [5.41, 5.74) is 6.62. The number of hydrogen-bond donors (Lipinski definition) is 0. The van der Waals surface area contributed by atoms with E-state index in [4.69, 9.17) is 0 Å². The van der Waals surface area contributed by atoms with Crippen molar-refractivity contribution in [2.24, 2.45) is 0 Å². The highest BCUT2D eigenvalue weighted by atomic mass is 15.2. The van der Waals surface area contributed by atoms with Gasteiger partial charge in [-0.15, -0.1) is 0 Å². The summed E-state index contributed by atoms with van der Waals surface area (Å²) >= 11 is 0. The third kappa shape index (κ3) is 1.89. The van der Waals surface area contributed by atoms with E-state index in [1.807, 2.05) is 0 Å². The van der Waals surface area contributed by atoms with Crippen LogP contribution in [0.15, 0.2) is 12.1 Å². The monoisotopic (exact) mass is 241 g/mol. The van der Waals surface area contributed by atoms with Gasteiger partial charge >= 0.3 is 0 Å². The van der Waals surface area contributed by atoms with E-state index in [0.717, 1.165) is 12.0 Å². The predicted octanol–water partition coefficient (Wildman–Crippen LogP) is 3.65. The smallest absolute Gasteiger partial charge is 0.0239 e. The summed E-state index contributed by atoms with van der Waals surface area (Å²) in [5, 5.41) is 0. The lowest BCUT2D eigenvalue weighted by Crippen LogP contribution is -2.32. The number of nitrogens with zero attached hydrogens (tertiary/aromatic N) is 1. The summed E-state index contributed by atoms with van der Waals surface area (Å²) in [6.45, 7) is 4.83. The Morgan fingerprint density at radius 3 is 2.61 bits per heavy atom. The second-order valence-corrected chi connectivity index (χ2v) is 6.40. The molecule has 0 amide bonds. The van der Waals surface area contributed by atoms with Crippen molar-refractivity contribution in [2.75, 3.05) is 6.54 Å². The van der Waals surface area contributed by atoms with Crippen molar-refractivity contribution < 1.29 is 0 Å². The molecule has 3 aliphatic rings. The molecule has 2 fully saturated rings. The van der Waals surface area contributed by atoms with E-state index in [2.05, 4.69) is 24.0 Å². The third-order valence-electron chi connectivity index (χ3n) is 4.96. The highest BCUT2D eigenvalue weighted by Gasteiger charge is 2.32. The van der Waals surface area contributed by atoms with Gasteiger partial charge in [0, 0.05) is 19.1 Å². The maximum atomic E-state index is 2.71. The van der Waals surface area contributed by atoms with Crippen LogP contribution < -0.4 is 0 Å². The Hall–Kier alpha value is -0.820. The standard InChI is InChI=1S/C17H23N/c1-2-12-9-14-7-8-18(16-5-6-16)11-15(14)10-17(12)13-3-4-13/h9-10,13,16H,2-8,11H2,1H3. The molecule has 0 spiro atoms. The molecule has 0 saturated heterocycles. The van der Waals surface area contributed by atoms with Crippen LogP contribution in [0.2, 0.25) is 0 Å². The average Bonchev–Trinajstić information content (AvgIpc) is 3.29. The molecule has 2 aliphatic carbocycles. The minimum Gasteiger partial charge on any atom is -0.296 e. The molecule has 96 valence electrons. The van der Waals surface area contributed by atoms with Gasteiger partial charge < -0.3 is 0 Å². The molecule has 0 radical (unpaired) electrons. The molecule has 4 rings (SSSR count). The van der Waals surface area contributed by atoms with Crippen molar-refractivity contribution >= 4 is 0 Å². The fourth-order valence-corrected chi connectivity index (χ4v) is 3.53. The molecule has 1 aromatic rings. The van der Waals surface area contributed by atoms with Gasteiger partial charge in [-0.25, -0.2) is 0 Å². The molecule has 1 nitrogen and oxygen atoms in total. The zero-order valence-corrected chi connectivity index (χ0v) is 11.4. The van der Waals surface area contributed by atoms with E-state index in [1.165, 1.54) is 51.6 Å². The van der Waals surface area contributed by atoms with Gasteiger partial charge in [-0.2, -0.15) is 0 Å². The molecule has 1 aliphatic heterocycles. The molecule has 1 heterocycles. The fourth-order valence-electron chi connectivity index (χ4n) is 3.53. The Labute approximate surface area is 110 Å². The maximum absolute atomic E-state index is 2.71. The summed E-state index contributed by atoms with van der Waals surface area (Å²) in [4.78, 5) is 2.71. The normalized spacial score (nSPS) is 24.1. The van der Waals surface area contributed by atoms with Crippen molar-refractivity contribution in [3.63, 3.8) is 0 Å². The molecular weight excluding hydrogens is 218 g/mol. The summed E-state index contributed by atoms with van der Waals surface area (Å²) < 4.78 is 0. The van der Waals surface area contributed by atoms with Gasteiger partial charge in [0.05, 0.1) is 0 Å². The van der Waals surface area contributed by atoms with Gasteiger partial charge in [0.25, 0.3) is 0 Å². The number of aryl methyl sites for hydroxylation is 1. The number of benzene rings is 1. The van der Waals surface area contributed by atoms with Crippen LogP contribution in [-0.2, 0) is 19.4 Å². The molecule has 1 heteroatoms. The lowest BCUT2D eigenvalue weighted by Gasteiger charge is -2.30. The van der Waals surface area contributed by atoms with Gasteiger partial charge in [0.1, 0.15) is 0 Å². The summed E-state index contributed by atoms with van der Waals surface area (Å²) in [7, 11) is 0. The molecule has 0 aromatic heterocycles. The van der Waals surface area contributed by atoms with Crippen LogP contribution in [0.3, 0.4) is 0 Å². The topological polar surface area (TPSA) is 3.24 Å². The lowest BCUT2D eigenvalue weighted by molar-refractivity contribution is 0.243. The second-order valence-electron chi connectivity index (χ2n) is 6.40. The summed E-state index contributed by atoms with van der Waals surface area (Å²) in [6, 6.07) is 6.03. The van der Waals surface area contributed by atoms with Crippen LogP contribution in [0.25, 0.3) is 0 Å². The second kappa shape index (κ2) is 4.09. The molecular formula is C17H23N. The molecule has 18 heavy (non-hydrogen) atoms. The largest absolute Gasteiger partial charge is 0.296 e. The van der Waals surface area contributed by atoms with E-state index < -0.39 is 0 Å². The van der Waals surface area contributed by atoms with E-state index in [-0.39, 0.29) is 0 Å². The predicted molar refractivity (Wildman–Crippen MR) is 74.9 cm³/mol. The molecule has 0 unspecified atom stereocenters. The first-order valence-electron chi connectivity index (χ1n) is 7.73. The lowest BCUT2D eigenvalue weighted by atomic mass is 9.90. The molecule has 2 saturated carbocycles. The molecule has 1 aromatic carbocycles. The van der Waals surface area contributed by atoms with E-state index in [9.17, 15) is 0 Å². The number of fused-ring (bicyclic) bond motifs is 1. The molecule has 0 N–H and O–H groups in total. The SMILES string of the molecule is CCc1cc2c(cc1C1CC1)CN(C1CC1)CC2. The summed E-state index contributed by atoms with van der Waals surface area (Å²) in [5.74, 6) is 0.904. The van der Waals surface area contributed by atoms with Crippen LogP contribution >= 0.6 is 0 Å². The Bertz CT molecular complexity index is 469. The van der Waals surface area contributed by atoms with E-state index >= 15 is 0 Å². The number of rotatable bonds is 3. The van der Waals surface area contributed by atoms with E-state index in [0.29, 0.717) is 0 Å². The van der Waals surface area contributed by atoms with Crippen molar-refractivity contribution in [3.05, 3.63) is 34.4 Å². The van der Waals surface area contributed by atoms with Gasteiger partial charge in [0.15, 0.2) is 0 Å². The number of hydrogen-bond acceptors (Lipinski definition) is 1. The van der Waals surface area contributed by atoms with Crippen molar-refractivity contribution in [2.45, 2.75) is 64.0 Å². The van der Waals surface area contributed by atoms with Crippen molar-refractivity contribution in [3.8, 4) is 0 Å². The highest BCUT2D eigenvalue weighted by molar-refractivity contribution is 5.43. The highest BCUT2D eigenvalue weighted by Crippen LogP contribution is 2.43. The summed E-state index contributed by atoms with van der Waals surface area (Å²) in [6.07, 6.45) is 8.24. The Morgan fingerprint density at radius 1 is 1.11 bits per heavy atom. The van der Waals surface area contributed by atoms with Crippen LogP contribution in [0, 0.1) is 0 Å². The van der Waals surface area contributed by atoms with Crippen LogP contribution in [0.5, 0.6) is 0 Å². The third-order valence-corrected chi connectivity index (χ3v) is 4.96. The van der Waals surface area contributed by atoms with Crippen LogP contribution in [0.1, 0.15) is 60.8 Å². The van der Waals surface area contributed by atoms with Gasteiger partial charge in [-0.05, 0) is 66.7 Å². The minimum absolute atomic E-state index is 0.904. The van der Waals surface area contributed by atoms with Crippen molar-refractivity contribution in [1.82, 2.24) is 4.90 Å². The first-order chi connectivity index (χ1) is 8.85. The van der Waals surface area contributed by atoms with Gasteiger partial charge in [-0.3, -0.25) is 4.90 Å². The minimum atomic E-state index is 0.904. The maximum Gasteiger partial charge on any atom is 0.0239 e. The Kier molecular flexibility index (Phi) is 2.51.